The Morgan fingerprint density at radius 2 is 1.72 bits per heavy atom. The van der Waals surface area contributed by atoms with Gasteiger partial charge >= 0.3 is 0 Å². The van der Waals surface area contributed by atoms with Crippen LogP contribution in [0.1, 0.15) is 27.2 Å². The highest BCUT2D eigenvalue weighted by Gasteiger charge is 2.27. The standard InChI is InChI=1S/C24H21NO4/c1-27-22-13-17-12-18(24(26)20(17)14-23(22)28-2)11-16-7-3-4-9-21(16)29-15-19-8-5-6-10-25-19/h3-11,13-14H,12,15H2,1-2H3. The number of carbonyl (C=O) groups is 1. The van der Waals surface area contributed by atoms with Gasteiger partial charge in [-0.2, -0.15) is 0 Å². The summed E-state index contributed by atoms with van der Waals surface area (Å²) in [5.74, 6) is 1.89. The lowest BCUT2D eigenvalue weighted by atomic mass is 10.1. The molecule has 1 heterocycles. The number of ketones is 1. The lowest BCUT2D eigenvalue weighted by molar-refractivity contribution is 0.104. The van der Waals surface area contributed by atoms with Gasteiger partial charge in [-0.05, 0) is 42.0 Å². The van der Waals surface area contributed by atoms with Gasteiger partial charge in [-0.25, -0.2) is 0 Å². The minimum absolute atomic E-state index is 0.000446. The third-order valence-electron chi connectivity index (χ3n) is 4.88. The Bertz CT molecular complexity index is 1070. The monoisotopic (exact) mass is 387 g/mol. The molecule has 4 rings (SSSR count). The van der Waals surface area contributed by atoms with Gasteiger partial charge in [-0.1, -0.05) is 24.3 Å². The molecule has 0 amide bonds. The molecular weight excluding hydrogens is 366 g/mol. The first-order valence-electron chi connectivity index (χ1n) is 9.31. The molecule has 0 N–H and O–H groups in total. The maximum atomic E-state index is 12.9. The van der Waals surface area contributed by atoms with Crippen molar-refractivity contribution in [1.29, 1.82) is 0 Å². The summed E-state index contributed by atoms with van der Waals surface area (Å²) in [4.78, 5) is 17.2. The number of para-hydroxylation sites is 1. The number of aromatic nitrogens is 1. The van der Waals surface area contributed by atoms with E-state index in [1.54, 1.807) is 26.5 Å². The van der Waals surface area contributed by atoms with Gasteiger partial charge in [0, 0.05) is 29.3 Å². The van der Waals surface area contributed by atoms with E-state index in [1.807, 2.05) is 54.6 Å². The SMILES string of the molecule is COc1cc2c(cc1OC)C(=O)C(=Cc1ccccc1OCc1ccccn1)C2. The number of rotatable bonds is 6. The topological polar surface area (TPSA) is 57.7 Å². The molecule has 0 unspecified atom stereocenters. The Morgan fingerprint density at radius 3 is 2.48 bits per heavy atom. The van der Waals surface area contributed by atoms with Crippen LogP contribution < -0.4 is 14.2 Å². The highest BCUT2D eigenvalue weighted by Crippen LogP contribution is 2.37. The number of fused-ring (bicyclic) bond motifs is 1. The fourth-order valence-electron chi connectivity index (χ4n) is 3.41. The molecule has 1 aromatic heterocycles. The van der Waals surface area contributed by atoms with Crippen LogP contribution in [0, 0.1) is 0 Å². The van der Waals surface area contributed by atoms with E-state index in [1.165, 1.54) is 0 Å². The van der Waals surface area contributed by atoms with Crippen molar-refractivity contribution in [2.45, 2.75) is 13.0 Å². The van der Waals surface area contributed by atoms with Crippen molar-refractivity contribution in [3.63, 3.8) is 0 Å². The molecule has 0 saturated heterocycles. The van der Waals surface area contributed by atoms with E-state index in [2.05, 4.69) is 4.98 Å². The molecule has 3 aromatic rings. The quantitative estimate of drug-likeness (QED) is 0.583. The second-order valence-corrected chi connectivity index (χ2v) is 6.69. The second kappa shape index (κ2) is 8.19. The van der Waals surface area contributed by atoms with Crippen LogP contribution in [0.3, 0.4) is 0 Å². The van der Waals surface area contributed by atoms with Crippen LogP contribution in [-0.2, 0) is 13.0 Å². The number of methoxy groups -OCH3 is 2. The van der Waals surface area contributed by atoms with Gasteiger partial charge in [0.25, 0.3) is 0 Å². The molecule has 0 saturated carbocycles. The number of pyridine rings is 1. The summed E-state index contributed by atoms with van der Waals surface area (Å²) in [5.41, 5.74) is 4.01. The summed E-state index contributed by atoms with van der Waals surface area (Å²) in [7, 11) is 3.16. The summed E-state index contributed by atoms with van der Waals surface area (Å²) < 4.78 is 16.7. The molecule has 0 fully saturated rings. The van der Waals surface area contributed by atoms with Crippen LogP contribution in [0.5, 0.6) is 17.2 Å². The first-order chi connectivity index (χ1) is 14.2. The molecule has 0 bridgehead atoms. The number of nitrogens with zero attached hydrogens (tertiary/aromatic N) is 1. The van der Waals surface area contributed by atoms with Gasteiger partial charge in [0.2, 0.25) is 0 Å². The average molecular weight is 387 g/mol. The summed E-state index contributed by atoms with van der Waals surface area (Å²) in [6.07, 6.45) is 4.18. The third-order valence-corrected chi connectivity index (χ3v) is 4.88. The van der Waals surface area contributed by atoms with Crippen molar-refractivity contribution in [1.82, 2.24) is 4.98 Å². The van der Waals surface area contributed by atoms with Gasteiger partial charge in [0.1, 0.15) is 12.4 Å². The van der Waals surface area contributed by atoms with Crippen LogP contribution in [0.15, 0.2) is 66.4 Å². The highest BCUT2D eigenvalue weighted by atomic mass is 16.5. The number of hydrogen-bond donors (Lipinski definition) is 0. The number of ether oxygens (including phenoxy) is 3. The van der Waals surface area contributed by atoms with Gasteiger partial charge < -0.3 is 14.2 Å². The molecule has 146 valence electrons. The minimum Gasteiger partial charge on any atom is -0.493 e. The lowest BCUT2D eigenvalue weighted by Gasteiger charge is -2.09. The Hall–Kier alpha value is -3.60. The summed E-state index contributed by atoms with van der Waals surface area (Å²) >= 11 is 0. The Labute approximate surface area is 169 Å². The van der Waals surface area contributed by atoms with Crippen molar-refractivity contribution in [2.24, 2.45) is 0 Å². The van der Waals surface area contributed by atoms with E-state index < -0.39 is 0 Å². The predicted octanol–water partition coefficient (Wildman–Crippen LogP) is 4.50. The van der Waals surface area contributed by atoms with Crippen LogP contribution in [0.25, 0.3) is 6.08 Å². The molecule has 0 radical (unpaired) electrons. The van der Waals surface area contributed by atoms with Gasteiger partial charge in [0.05, 0.1) is 19.9 Å². The van der Waals surface area contributed by atoms with Gasteiger partial charge in [0.15, 0.2) is 17.3 Å². The molecule has 2 aromatic carbocycles. The van der Waals surface area contributed by atoms with Crippen LogP contribution >= 0.6 is 0 Å². The molecular formula is C24H21NO4. The fraction of sp³-hybridized carbons (Fsp3) is 0.167. The zero-order valence-corrected chi connectivity index (χ0v) is 16.3. The molecule has 0 spiro atoms. The maximum Gasteiger partial charge on any atom is 0.189 e. The minimum atomic E-state index is 0.000446. The maximum absolute atomic E-state index is 12.9. The van der Waals surface area contributed by atoms with Crippen molar-refractivity contribution < 1.29 is 19.0 Å². The van der Waals surface area contributed by atoms with Crippen molar-refractivity contribution >= 4 is 11.9 Å². The van der Waals surface area contributed by atoms with Crippen molar-refractivity contribution in [3.8, 4) is 17.2 Å². The summed E-state index contributed by atoms with van der Waals surface area (Å²) in [6.45, 7) is 0.365. The predicted molar refractivity (Wildman–Crippen MR) is 111 cm³/mol. The van der Waals surface area contributed by atoms with Crippen LogP contribution in [-0.4, -0.2) is 25.0 Å². The Morgan fingerprint density at radius 1 is 0.966 bits per heavy atom. The van der Waals surface area contributed by atoms with E-state index in [0.717, 1.165) is 16.8 Å². The fourth-order valence-corrected chi connectivity index (χ4v) is 3.41. The Balaban J connectivity index is 1.61. The molecule has 29 heavy (non-hydrogen) atoms. The van der Waals surface area contributed by atoms with Gasteiger partial charge in [-0.3, -0.25) is 9.78 Å². The van der Waals surface area contributed by atoms with E-state index in [9.17, 15) is 4.79 Å². The first kappa shape index (κ1) is 18.7. The number of carbonyl (C=O) groups excluding carboxylic acids is 1. The van der Waals surface area contributed by atoms with E-state index in [4.69, 9.17) is 14.2 Å². The average Bonchev–Trinajstić information content (AvgIpc) is 3.07. The number of Topliss-reactive ketones (excluding diaryl/α,β-unsaturated/α-hetero) is 1. The number of hydrogen-bond acceptors (Lipinski definition) is 5. The zero-order chi connectivity index (χ0) is 20.2. The second-order valence-electron chi connectivity index (χ2n) is 6.69. The lowest BCUT2D eigenvalue weighted by Crippen LogP contribution is -2.00. The van der Waals surface area contributed by atoms with Crippen molar-refractivity contribution in [3.05, 3.63) is 88.8 Å². The molecule has 0 aliphatic heterocycles. The van der Waals surface area contributed by atoms with E-state index >= 15 is 0 Å². The third kappa shape index (κ3) is 3.85. The largest absolute Gasteiger partial charge is 0.493 e. The summed E-state index contributed by atoms with van der Waals surface area (Å²) in [5, 5.41) is 0. The molecule has 0 atom stereocenters. The van der Waals surface area contributed by atoms with E-state index in [0.29, 0.717) is 41.4 Å². The number of benzene rings is 2. The smallest absolute Gasteiger partial charge is 0.189 e. The molecule has 5 nitrogen and oxygen atoms in total. The van der Waals surface area contributed by atoms with Crippen LogP contribution in [0.2, 0.25) is 0 Å². The van der Waals surface area contributed by atoms with Crippen LogP contribution in [0.4, 0.5) is 0 Å². The molecule has 1 aliphatic rings. The van der Waals surface area contributed by atoms with Gasteiger partial charge in [-0.15, -0.1) is 0 Å². The normalized spacial score (nSPS) is 14.0. The first-order valence-corrected chi connectivity index (χ1v) is 9.31. The molecule has 5 heteroatoms. The Kier molecular flexibility index (Phi) is 5.29. The highest BCUT2D eigenvalue weighted by molar-refractivity contribution is 6.16. The number of allylic oxidation sites excluding steroid dienone is 1. The van der Waals surface area contributed by atoms with E-state index in [-0.39, 0.29) is 5.78 Å². The summed E-state index contributed by atoms with van der Waals surface area (Å²) in [6, 6.07) is 17.0. The van der Waals surface area contributed by atoms with Crippen molar-refractivity contribution in [2.75, 3.05) is 14.2 Å². The zero-order valence-electron chi connectivity index (χ0n) is 16.3. The molecule has 1 aliphatic carbocycles.